The summed E-state index contributed by atoms with van der Waals surface area (Å²) < 4.78 is 5.51. The molecule has 1 aliphatic heterocycles. The van der Waals surface area contributed by atoms with Crippen molar-refractivity contribution in [2.45, 2.75) is 19.6 Å². The maximum Gasteiger partial charge on any atom is 0.228 e. The van der Waals surface area contributed by atoms with Gasteiger partial charge in [-0.05, 0) is 49.4 Å². The van der Waals surface area contributed by atoms with Crippen LogP contribution in [0.1, 0.15) is 24.3 Å². The molecule has 0 saturated heterocycles. The van der Waals surface area contributed by atoms with Crippen LogP contribution in [0.4, 0.5) is 23.0 Å². The first-order valence-electron chi connectivity index (χ1n) is 11.5. The maximum absolute atomic E-state index is 12.3. The summed E-state index contributed by atoms with van der Waals surface area (Å²) in [4.78, 5) is 21.4. The Morgan fingerprint density at radius 3 is 2.75 bits per heavy atom. The lowest BCUT2D eigenvalue weighted by Gasteiger charge is -2.16. The van der Waals surface area contributed by atoms with Gasteiger partial charge in [-0.15, -0.1) is 0 Å². The van der Waals surface area contributed by atoms with Gasteiger partial charge in [-0.1, -0.05) is 29.8 Å². The highest BCUT2D eigenvalue weighted by Crippen LogP contribution is 2.35. The van der Waals surface area contributed by atoms with E-state index >= 15 is 0 Å². The third-order valence-corrected chi connectivity index (χ3v) is 5.89. The Labute approximate surface area is 213 Å². The van der Waals surface area contributed by atoms with E-state index in [-0.39, 0.29) is 12.3 Å². The third kappa shape index (κ3) is 5.25. The number of amides is 1. The van der Waals surface area contributed by atoms with Crippen molar-refractivity contribution >= 4 is 40.5 Å². The van der Waals surface area contributed by atoms with Crippen LogP contribution in [0.3, 0.4) is 0 Å². The summed E-state index contributed by atoms with van der Waals surface area (Å²) in [6.07, 6.45) is 0.939. The minimum atomic E-state index is -0.895. The summed E-state index contributed by atoms with van der Waals surface area (Å²) in [6, 6.07) is 20.1. The Kier molecular flexibility index (Phi) is 6.71. The molecule has 9 heteroatoms. The molecule has 1 aromatic heterocycles. The van der Waals surface area contributed by atoms with Crippen molar-refractivity contribution in [2.24, 2.45) is 0 Å². The molecule has 2 heterocycles. The fraction of sp³-hybridized carbons (Fsp3) is 0.148. The highest BCUT2D eigenvalue weighted by molar-refractivity contribution is 6.31. The van der Waals surface area contributed by atoms with Gasteiger partial charge in [-0.2, -0.15) is 0 Å². The van der Waals surface area contributed by atoms with Crippen LogP contribution in [0, 0.1) is 0 Å². The van der Waals surface area contributed by atoms with E-state index in [4.69, 9.17) is 16.3 Å². The van der Waals surface area contributed by atoms with E-state index < -0.39 is 6.23 Å². The highest BCUT2D eigenvalue weighted by atomic mass is 35.5. The molecule has 4 N–H and O–H groups in total. The zero-order valence-corrected chi connectivity index (χ0v) is 20.2. The Balaban J connectivity index is 1.32. The fourth-order valence-electron chi connectivity index (χ4n) is 3.98. The highest BCUT2D eigenvalue weighted by Gasteiger charge is 2.21. The molecule has 3 aromatic carbocycles. The van der Waals surface area contributed by atoms with Crippen molar-refractivity contribution in [3.05, 3.63) is 89.1 Å². The predicted molar refractivity (Wildman–Crippen MR) is 141 cm³/mol. The van der Waals surface area contributed by atoms with E-state index in [0.717, 1.165) is 28.3 Å². The molecule has 0 bridgehead atoms. The van der Waals surface area contributed by atoms with Crippen molar-refractivity contribution < 1.29 is 14.6 Å². The lowest BCUT2D eigenvalue weighted by molar-refractivity contribution is -0.115. The number of anilines is 4. The first kappa shape index (κ1) is 23.6. The number of halogens is 1. The van der Waals surface area contributed by atoms with Crippen molar-refractivity contribution in [3.8, 4) is 17.0 Å². The topological polar surface area (TPSA) is 108 Å². The lowest BCUT2D eigenvalue weighted by Crippen LogP contribution is -2.12. The number of hydrogen-bond donors (Lipinski definition) is 4. The van der Waals surface area contributed by atoms with Gasteiger partial charge >= 0.3 is 0 Å². The van der Waals surface area contributed by atoms with Crippen LogP contribution in [0.2, 0.25) is 5.02 Å². The van der Waals surface area contributed by atoms with Crippen molar-refractivity contribution in [3.63, 3.8) is 0 Å². The number of aliphatic hydroxyl groups is 1. The van der Waals surface area contributed by atoms with Gasteiger partial charge in [0.2, 0.25) is 11.9 Å². The molecule has 5 rings (SSSR count). The van der Waals surface area contributed by atoms with Crippen LogP contribution in [-0.4, -0.2) is 27.6 Å². The Morgan fingerprint density at radius 2 is 1.94 bits per heavy atom. The molecule has 36 heavy (non-hydrogen) atoms. The number of rotatable bonds is 7. The van der Waals surface area contributed by atoms with Crippen molar-refractivity contribution in [1.82, 2.24) is 9.97 Å². The maximum atomic E-state index is 12.3. The molecule has 0 fully saturated rings. The molecular weight excluding hydrogens is 478 g/mol. The number of benzene rings is 3. The molecule has 8 nitrogen and oxygen atoms in total. The molecule has 182 valence electrons. The third-order valence-electron chi connectivity index (χ3n) is 5.66. The van der Waals surface area contributed by atoms with Gasteiger partial charge in [0, 0.05) is 45.4 Å². The fourth-order valence-corrected chi connectivity index (χ4v) is 4.16. The SMILES string of the molecule is CCOc1cccc(NC(O)c2ccc(Nc3ncc4c(n3)-c3ccc(Cl)cc3NC(=O)C4)cc2)c1. The zero-order valence-electron chi connectivity index (χ0n) is 19.5. The Morgan fingerprint density at radius 1 is 1.11 bits per heavy atom. The van der Waals surface area contributed by atoms with E-state index in [1.165, 1.54) is 0 Å². The number of fused-ring (bicyclic) bond motifs is 3. The standard InChI is InChI=1S/C27H24ClN5O3/c1-2-36-21-5-3-4-20(14-21)30-26(35)16-6-9-19(10-7-16)31-27-29-15-17-12-24(34)32-23-13-18(28)8-11-22(23)25(17)33-27/h3-11,13-15,26,30,35H,2,12H2,1H3,(H,32,34)(H,29,31,33). The number of ether oxygens (including phenoxy) is 1. The molecule has 1 unspecified atom stereocenters. The van der Waals surface area contributed by atoms with Gasteiger partial charge in [0.25, 0.3) is 0 Å². The van der Waals surface area contributed by atoms with E-state index in [0.29, 0.717) is 34.5 Å². The number of carbonyl (C=O) groups is 1. The van der Waals surface area contributed by atoms with Gasteiger partial charge < -0.3 is 25.8 Å². The number of nitrogens with one attached hydrogen (secondary N) is 3. The van der Waals surface area contributed by atoms with Crippen LogP contribution in [-0.2, 0) is 11.2 Å². The monoisotopic (exact) mass is 501 g/mol. The van der Waals surface area contributed by atoms with Crippen molar-refractivity contribution in [1.29, 1.82) is 0 Å². The quantitative estimate of drug-likeness (QED) is 0.246. The second-order valence-corrected chi connectivity index (χ2v) is 8.67. The molecule has 0 aliphatic carbocycles. The number of carbonyl (C=O) groups excluding carboxylic acids is 1. The van der Waals surface area contributed by atoms with Gasteiger partial charge in [0.15, 0.2) is 6.23 Å². The average Bonchev–Trinajstić information content (AvgIpc) is 2.99. The normalized spacial score (nSPS) is 13.0. The van der Waals surface area contributed by atoms with Crippen LogP contribution in [0.25, 0.3) is 11.3 Å². The van der Waals surface area contributed by atoms with Crippen LogP contribution < -0.4 is 20.7 Å². The number of aliphatic hydroxyl groups excluding tert-OH is 1. The number of hydrogen-bond acceptors (Lipinski definition) is 7. The molecule has 0 spiro atoms. The van der Waals surface area contributed by atoms with Crippen LogP contribution in [0.15, 0.2) is 72.9 Å². The predicted octanol–water partition coefficient (Wildman–Crippen LogP) is 5.54. The molecule has 1 atom stereocenters. The molecule has 0 saturated carbocycles. The Bertz CT molecular complexity index is 1410. The first-order valence-corrected chi connectivity index (χ1v) is 11.9. The summed E-state index contributed by atoms with van der Waals surface area (Å²) in [5, 5.41) is 20.3. The lowest BCUT2D eigenvalue weighted by atomic mass is 10.1. The van der Waals surface area contributed by atoms with Gasteiger partial charge in [0.1, 0.15) is 5.75 Å². The summed E-state index contributed by atoms with van der Waals surface area (Å²) >= 11 is 6.12. The number of nitrogens with zero attached hydrogens (tertiary/aromatic N) is 2. The first-order chi connectivity index (χ1) is 17.5. The number of aromatic nitrogens is 2. The van der Waals surface area contributed by atoms with Crippen molar-refractivity contribution in [2.75, 3.05) is 22.6 Å². The summed E-state index contributed by atoms with van der Waals surface area (Å²) in [5.41, 5.74) is 5.00. The molecule has 1 aliphatic rings. The molecule has 1 amide bonds. The van der Waals surface area contributed by atoms with Crippen LogP contribution in [0.5, 0.6) is 5.75 Å². The molecular formula is C27H24ClN5O3. The van der Waals surface area contributed by atoms with E-state index in [2.05, 4.69) is 25.9 Å². The second kappa shape index (κ2) is 10.2. The summed E-state index contributed by atoms with van der Waals surface area (Å²) in [6.45, 7) is 2.50. The smallest absolute Gasteiger partial charge is 0.228 e. The van der Waals surface area contributed by atoms with Gasteiger partial charge in [0.05, 0.1) is 24.4 Å². The second-order valence-electron chi connectivity index (χ2n) is 8.24. The largest absolute Gasteiger partial charge is 0.494 e. The van der Waals surface area contributed by atoms with E-state index in [1.54, 1.807) is 18.3 Å². The van der Waals surface area contributed by atoms with E-state index in [9.17, 15) is 9.90 Å². The zero-order chi connectivity index (χ0) is 25.1. The average molecular weight is 502 g/mol. The summed E-state index contributed by atoms with van der Waals surface area (Å²) in [7, 11) is 0. The minimum absolute atomic E-state index is 0.144. The van der Waals surface area contributed by atoms with Crippen LogP contribution >= 0.6 is 11.6 Å². The molecule has 0 radical (unpaired) electrons. The summed E-state index contributed by atoms with van der Waals surface area (Å²) in [5.74, 6) is 0.984. The van der Waals surface area contributed by atoms with E-state index in [1.807, 2.05) is 61.5 Å². The molecule has 4 aromatic rings. The minimum Gasteiger partial charge on any atom is -0.494 e. The van der Waals surface area contributed by atoms with Gasteiger partial charge in [-0.3, -0.25) is 4.79 Å². The Hall–Kier alpha value is -4.14. The van der Waals surface area contributed by atoms with Gasteiger partial charge in [-0.25, -0.2) is 9.97 Å².